The van der Waals surface area contributed by atoms with E-state index in [1.165, 1.54) is 12.5 Å². The quantitative estimate of drug-likeness (QED) is 0.604. The van der Waals surface area contributed by atoms with Crippen LogP contribution in [0.25, 0.3) is 0 Å². The highest BCUT2D eigenvalue weighted by molar-refractivity contribution is 5.88. The smallest absolute Gasteiger partial charge is 0.311 e. The molecule has 1 amide bonds. The van der Waals surface area contributed by atoms with E-state index in [1.54, 1.807) is 7.11 Å². The van der Waals surface area contributed by atoms with Crippen molar-refractivity contribution in [3.63, 3.8) is 0 Å². The van der Waals surface area contributed by atoms with Crippen LogP contribution in [0.15, 0.2) is 48.5 Å². The zero-order valence-corrected chi connectivity index (χ0v) is 20.3. The molecule has 178 valence electrons. The van der Waals surface area contributed by atoms with Gasteiger partial charge in [-0.25, -0.2) is 0 Å². The van der Waals surface area contributed by atoms with Crippen molar-refractivity contribution in [1.29, 1.82) is 0 Å². The van der Waals surface area contributed by atoms with Crippen molar-refractivity contribution < 1.29 is 19.1 Å². The number of fused-ring (bicyclic) bond motifs is 2. The molecular formula is C26H33ClN2O4. The van der Waals surface area contributed by atoms with Crippen LogP contribution in [0.3, 0.4) is 0 Å². The summed E-state index contributed by atoms with van der Waals surface area (Å²) in [6.07, 6.45) is 3.80. The van der Waals surface area contributed by atoms with Gasteiger partial charge in [-0.2, -0.15) is 0 Å². The number of rotatable bonds is 7. The van der Waals surface area contributed by atoms with Gasteiger partial charge < -0.3 is 14.8 Å². The van der Waals surface area contributed by atoms with Gasteiger partial charge in [-0.05, 0) is 61.7 Å². The minimum absolute atomic E-state index is 0. The summed E-state index contributed by atoms with van der Waals surface area (Å²) in [5, 5.41) is 2.76. The molecular weight excluding hydrogens is 440 g/mol. The first kappa shape index (κ1) is 25.1. The lowest BCUT2D eigenvalue weighted by Crippen LogP contribution is -2.49. The number of methoxy groups -OCH3 is 1. The summed E-state index contributed by atoms with van der Waals surface area (Å²) in [6.45, 7) is 1.84. The van der Waals surface area contributed by atoms with Crippen LogP contribution in [-0.2, 0) is 20.7 Å². The number of hydrogen-bond acceptors (Lipinski definition) is 5. The summed E-state index contributed by atoms with van der Waals surface area (Å²) in [7, 11) is 3.81. The molecule has 4 atom stereocenters. The molecule has 2 aromatic rings. The van der Waals surface area contributed by atoms with Crippen LogP contribution in [0.5, 0.6) is 5.75 Å². The van der Waals surface area contributed by atoms with Crippen LogP contribution >= 0.6 is 12.4 Å². The third-order valence-electron chi connectivity index (χ3n) is 6.99. The molecule has 0 spiro atoms. The van der Waals surface area contributed by atoms with Crippen molar-refractivity contribution in [2.45, 2.75) is 50.6 Å². The second kappa shape index (κ2) is 11.0. The predicted octanol–water partition coefficient (Wildman–Crippen LogP) is 4.43. The Hall–Kier alpha value is -2.57. The zero-order chi connectivity index (χ0) is 22.7. The number of halogens is 1. The van der Waals surface area contributed by atoms with Gasteiger partial charge in [0.1, 0.15) is 5.75 Å². The normalized spacial score (nSPS) is 24.0. The van der Waals surface area contributed by atoms with Crippen molar-refractivity contribution >= 4 is 30.0 Å². The van der Waals surface area contributed by atoms with Crippen molar-refractivity contribution in [3.05, 3.63) is 59.7 Å². The van der Waals surface area contributed by atoms with Crippen LogP contribution in [0, 0.1) is 5.92 Å². The van der Waals surface area contributed by atoms with Gasteiger partial charge in [-0.3, -0.25) is 14.5 Å². The van der Waals surface area contributed by atoms with Gasteiger partial charge in [-0.15, -0.1) is 12.4 Å². The van der Waals surface area contributed by atoms with Crippen LogP contribution in [-0.4, -0.2) is 49.6 Å². The molecule has 2 heterocycles. The molecule has 4 rings (SSSR count). The van der Waals surface area contributed by atoms with E-state index >= 15 is 0 Å². The van der Waals surface area contributed by atoms with Crippen LogP contribution in [0.1, 0.15) is 43.2 Å². The van der Waals surface area contributed by atoms with Crippen LogP contribution < -0.4 is 10.1 Å². The number of esters is 1. The molecule has 2 bridgehead atoms. The zero-order valence-electron chi connectivity index (χ0n) is 19.5. The number of nitrogens with one attached hydrogen (secondary N) is 1. The molecule has 0 aliphatic carbocycles. The number of hydrogen-bond donors (Lipinski definition) is 1. The van der Waals surface area contributed by atoms with Gasteiger partial charge in [0.05, 0.1) is 19.6 Å². The van der Waals surface area contributed by atoms with Crippen molar-refractivity contribution in [2.24, 2.45) is 5.92 Å². The molecule has 0 radical (unpaired) electrons. The molecule has 33 heavy (non-hydrogen) atoms. The van der Waals surface area contributed by atoms with Gasteiger partial charge >= 0.3 is 5.97 Å². The van der Waals surface area contributed by atoms with Crippen LogP contribution in [0.4, 0.5) is 5.69 Å². The van der Waals surface area contributed by atoms with Crippen molar-refractivity contribution in [2.75, 3.05) is 26.1 Å². The SMILES string of the molecule is COc1ccc([C@H]2C[C@@H]3CC[C@H]([C@H]2C(=O)OCCc2ccc(NC(C)=O)cc2)N3C)cc1.Cl. The number of benzene rings is 2. The van der Waals surface area contributed by atoms with Gasteiger partial charge in [0.15, 0.2) is 0 Å². The summed E-state index contributed by atoms with van der Waals surface area (Å²) < 4.78 is 11.1. The maximum atomic E-state index is 13.3. The Balaban J connectivity index is 0.00000306. The highest BCUT2D eigenvalue weighted by Gasteiger charge is 2.49. The first-order valence-electron chi connectivity index (χ1n) is 11.4. The van der Waals surface area contributed by atoms with Crippen LogP contribution in [0.2, 0.25) is 0 Å². The van der Waals surface area contributed by atoms with Gasteiger partial charge in [0.2, 0.25) is 5.91 Å². The standard InChI is InChI=1S/C26H32N2O4.ClH/c1-17(29)27-20-8-4-18(5-9-20)14-15-32-26(30)25-23(16-21-10-13-24(25)28(21)2)19-6-11-22(31-3)12-7-19;/h4-9,11-12,21,23-25H,10,13-16H2,1-3H3,(H,27,29);1H/t21-,23+,24+,25-;/m0./s1. The number of ether oxygens (including phenoxy) is 2. The summed E-state index contributed by atoms with van der Waals surface area (Å²) in [5.74, 6) is 0.643. The second-order valence-electron chi connectivity index (χ2n) is 8.90. The molecule has 1 N–H and O–H groups in total. The summed E-state index contributed by atoms with van der Waals surface area (Å²) in [6, 6.07) is 16.5. The Morgan fingerprint density at radius 3 is 2.39 bits per heavy atom. The van der Waals surface area contributed by atoms with E-state index in [0.29, 0.717) is 19.1 Å². The number of anilines is 1. The van der Waals surface area contributed by atoms with E-state index in [2.05, 4.69) is 29.4 Å². The molecule has 2 aliphatic rings. The number of nitrogens with zero attached hydrogens (tertiary/aromatic N) is 1. The number of amides is 1. The molecule has 6 nitrogen and oxygen atoms in total. The fourth-order valence-electron chi connectivity index (χ4n) is 5.31. The Bertz CT molecular complexity index is 948. The lowest BCUT2D eigenvalue weighted by atomic mass is 9.76. The van der Waals surface area contributed by atoms with Gasteiger partial charge in [0.25, 0.3) is 0 Å². The van der Waals surface area contributed by atoms with Gasteiger partial charge in [0, 0.05) is 37.0 Å². The van der Waals surface area contributed by atoms with E-state index in [4.69, 9.17) is 9.47 Å². The van der Waals surface area contributed by atoms with E-state index in [1.807, 2.05) is 36.4 Å². The third kappa shape index (κ3) is 5.68. The number of piperidine rings is 1. The Morgan fingerprint density at radius 2 is 1.76 bits per heavy atom. The third-order valence-corrected chi connectivity index (χ3v) is 6.99. The highest BCUT2D eigenvalue weighted by Crippen LogP contribution is 2.46. The maximum Gasteiger partial charge on any atom is 0.311 e. The van der Waals surface area contributed by atoms with E-state index in [-0.39, 0.29) is 42.2 Å². The first-order valence-corrected chi connectivity index (χ1v) is 11.4. The average molecular weight is 473 g/mol. The fraction of sp³-hybridized carbons (Fsp3) is 0.462. The lowest BCUT2D eigenvalue weighted by molar-refractivity contribution is -0.153. The Labute approximate surface area is 202 Å². The van der Waals surface area contributed by atoms with E-state index in [9.17, 15) is 9.59 Å². The molecule has 0 aromatic heterocycles. The Morgan fingerprint density at radius 1 is 1.06 bits per heavy atom. The largest absolute Gasteiger partial charge is 0.497 e. The predicted molar refractivity (Wildman–Crippen MR) is 131 cm³/mol. The average Bonchev–Trinajstić information content (AvgIpc) is 3.02. The minimum Gasteiger partial charge on any atom is -0.497 e. The van der Waals surface area contributed by atoms with Crippen molar-refractivity contribution in [1.82, 2.24) is 4.90 Å². The number of carbonyl (C=O) groups is 2. The summed E-state index contributed by atoms with van der Waals surface area (Å²) >= 11 is 0. The van der Waals surface area contributed by atoms with Gasteiger partial charge in [-0.1, -0.05) is 24.3 Å². The molecule has 7 heteroatoms. The topological polar surface area (TPSA) is 67.9 Å². The van der Waals surface area contributed by atoms with E-state index < -0.39 is 0 Å². The highest BCUT2D eigenvalue weighted by atomic mass is 35.5. The monoisotopic (exact) mass is 472 g/mol. The molecule has 0 saturated carbocycles. The molecule has 2 fully saturated rings. The summed E-state index contributed by atoms with van der Waals surface area (Å²) in [5.41, 5.74) is 3.02. The Kier molecular flexibility index (Phi) is 8.38. The molecule has 2 aliphatic heterocycles. The van der Waals surface area contributed by atoms with E-state index in [0.717, 1.165) is 36.3 Å². The summed E-state index contributed by atoms with van der Waals surface area (Å²) in [4.78, 5) is 26.8. The lowest BCUT2D eigenvalue weighted by Gasteiger charge is -2.42. The van der Waals surface area contributed by atoms with Crippen molar-refractivity contribution in [3.8, 4) is 5.75 Å². The molecule has 0 unspecified atom stereocenters. The molecule has 2 saturated heterocycles. The molecule has 2 aromatic carbocycles. The number of carbonyl (C=O) groups excluding carboxylic acids is 2. The first-order chi connectivity index (χ1) is 15.5. The minimum atomic E-state index is -0.158. The fourth-order valence-corrected chi connectivity index (χ4v) is 5.31. The maximum absolute atomic E-state index is 13.3. The second-order valence-corrected chi connectivity index (χ2v) is 8.90.